The molecule has 6 nitrogen and oxygen atoms in total. The van der Waals surface area contributed by atoms with Crippen molar-refractivity contribution in [3.8, 4) is 5.75 Å². The van der Waals surface area contributed by atoms with Crippen molar-refractivity contribution in [1.82, 2.24) is 0 Å². The minimum atomic E-state index is -4.65. The minimum Gasteiger partial charge on any atom is -0.487 e. The number of halogens is 3. The van der Waals surface area contributed by atoms with Crippen molar-refractivity contribution in [1.29, 1.82) is 0 Å². The summed E-state index contributed by atoms with van der Waals surface area (Å²) in [5.74, 6) is -1.24. The lowest BCUT2D eigenvalue weighted by atomic mass is 10.1. The van der Waals surface area contributed by atoms with Gasteiger partial charge in [-0.1, -0.05) is 30.3 Å². The van der Waals surface area contributed by atoms with Gasteiger partial charge in [0.1, 0.15) is 12.4 Å². The molecular formula is C25H22F3NO5S. The van der Waals surface area contributed by atoms with Crippen LogP contribution in [0, 0.1) is 5.92 Å². The molecule has 0 bridgehead atoms. The molecule has 10 heteroatoms. The van der Waals surface area contributed by atoms with Crippen molar-refractivity contribution >= 4 is 21.7 Å². The largest absolute Gasteiger partial charge is 0.487 e. The first-order chi connectivity index (χ1) is 16.6. The molecule has 0 amide bonds. The van der Waals surface area contributed by atoms with Crippen LogP contribution >= 0.6 is 0 Å². The Morgan fingerprint density at radius 1 is 1.00 bits per heavy atom. The highest BCUT2D eigenvalue weighted by Gasteiger charge is 2.36. The first-order valence-corrected chi connectivity index (χ1v) is 12.2. The number of hydrogen-bond acceptors (Lipinski definition) is 4. The van der Waals surface area contributed by atoms with Crippen LogP contribution in [-0.4, -0.2) is 26.0 Å². The molecule has 0 unspecified atom stereocenters. The predicted octanol–water partition coefficient (Wildman–Crippen LogP) is 5.59. The summed E-state index contributed by atoms with van der Waals surface area (Å²) in [5, 5.41) is 9.03. The highest BCUT2D eigenvalue weighted by atomic mass is 32.2. The Hall–Kier alpha value is -3.53. The molecule has 184 valence electrons. The van der Waals surface area contributed by atoms with Gasteiger partial charge in [-0.2, -0.15) is 13.2 Å². The number of ether oxygens (including phenoxy) is 1. The van der Waals surface area contributed by atoms with Gasteiger partial charge in [0, 0.05) is 6.54 Å². The molecule has 0 aliphatic heterocycles. The number of carbonyl (C=O) groups is 1. The number of nitrogens with zero attached hydrogens (tertiary/aromatic N) is 1. The minimum absolute atomic E-state index is 0.0101. The lowest BCUT2D eigenvalue weighted by Crippen LogP contribution is -2.33. The Balaban J connectivity index is 1.73. The monoisotopic (exact) mass is 505 g/mol. The van der Waals surface area contributed by atoms with Crippen LogP contribution in [0.1, 0.15) is 34.3 Å². The zero-order valence-corrected chi connectivity index (χ0v) is 19.2. The number of anilines is 1. The molecule has 1 fully saturated rings. The maximum Gasteiger partial charge on any atom is 0.416 e. The fourth-order valence-corrected chi connectivity index (χ4v) is 5.07. The third-order valence-electron chi connectivity index (χ3n) is 5.60. The first kappa shape index (κ1) is 24.6. The van der Waals surface area contributed by atoms with Gasteiger partial charge < -0.3 is 9.84 Å². The van der Waals surface area contributed by atoms with Gasteiger partial charge in [0.2, 0.25) is 0 Å². The maximum atomic E-state index is 13.5. The highest BCUT2D eigenvalue weighted by Crippen LogP contribution is 2.41. The number of hydrogen-bond donors (Lipinski definition) is 1. The SMILES string of the molecule is O=C(O)c1ccc(COc2cc(C(F)(F)F)ccc2N(CC2CC2)S(=O)(=O)c2ccccc2)cc1. The second-order valence-corrected chi connectivity index (χ2v) is 10.1. The van der Waals surface area contributed by atoms with Crippen molar-refractivity contribution in [2.75, 3.05) is 10.8 Å². The Kier molecular flexibility index (Phi) is 6.75. The van der Waals surface area contributed by atoms with Crippen molar-refractivity contribution < 1.29 is 36.2 Å². The van der Waals surface area contributed by atoms with Gasteiger partial charge in [-0.05, 0) is 66.8 Å². The van der Waals surface area contributed by atoms with Gasteiger partial charge in [-0.25, -0.2) is 13.2 Å². The average Bonchev–Trinajstić information content (AvgIpc) is 3.66. The lowest BCUT2D eigenvalue weighted by molar-refractivity contribution is -0.137. The van der Waals surface area contributed by atoms with Crippen molar-refractivity contribution in [2.24, 2.45) is 5.92 Å². The van der Waals surface area contributed by atoms with Crippen molar-refractivity contribution in [3.05, 3.63) is 89.5 Å². The van der Waals surface area contributed by atoms with E-state index in [-0.39, 0.29) is 41.0 Å². The number of carboxylic acids is 1. The standard InChI is InChI=1S/C25H22F3NO5S/c26-25(27,28)20-12-13-22(23(14-20)34-16-18-8-10-19(11-9-18)24(30)31)29(15-17-6-7-17)35(32,33)21-4-2-1-3-5-21/h1-5,8-14,17H,6-7,15-16H2,(H,30,31). The summed E-state index contributed by atoms with van der Waals surface area (Å²) in [6.07, 6.45) is -3.00. The summed E-state index contributed by atoms with van der Waals surface area (Å²) in [7, 11) is -4.07. The topological polar surface area (TPSA) is 83.9 Å². The Morgan fingerprint density at radius 3 is 2.23 bits per heavy atom. The zero-order chi connectivity index (χ0) is 25.2. The molecule has 1 saturated carbocycles. The van der Waals surface area contributed by atoms with Crippen LogP contribution in [0.5, 0.6) is 5.75 Å². The van der Waals surface area contributed by atoms with Crippen LogP contribution in [0.2, 0.25) is 0 Å². The Labute approximate surface area is 200 Å². The number of alkyl halides is 3. The molecule has 0 atom stereocenters. The van der Waals surface area contributed by atoms with E-state index in [1.165, 1.54) is 36.4 Å². The molecule has 1 aliphatic carbocycles. The highest BCUT2D eigenvalue weighted by molar-refractivity contribution is 7.92. The second-order valence-electron chi connectivity index (χ2n) is 8.26. The smallest absolute Gasteiger partial charge is 0.416 e. The molecule has 0 saturated heterocycles. The molecule has 35 heavy (non-hydrogen) atoms. The Bertz CT molecular complexity index is 1310. The van der Waals surface area contributed by atoms with Crippen LogP contribution in [0.3, 0.4) is 0 Å². The van der Waals surface area contributed by atoms with Crippen LogP contribution < -0.4 is 9.04 Å². The molecule has 1 aliphatic rings. The quantitative estimate of drug-likeness (QED) is 0.410. The van der Waals surface area contributed by atoms with E-state index in [4.69, 9.17) is 9.84 Å². The van der Waals surface area contributed by atoms with E-state index in [0.29, 0.717) is 5.56 Å². The molecule has 3 aromatic rings. The predicted molar refractivity (Wildman–Crippen MR) is 123 cm³/mol. The van der Waals surface area contributed by atoms with E-state index in [1.54, 1.807) is 18.2 Å². The van der Waals surface area contributed by atoms with Gasteiger partial charge in [-0.3, -0.25) is 4.31 Å². The number of rotatable bonds is 9. The summed E-state index contributed by atoms with van der Waals surface area (Å²) >= 11 is 0. The number of sulfonamides is 1. The molecule has 3 aromatic carbocycles. The maximum absolute atomic E-state index is 13.5. The summed E-state index contributed by atoms with van der Waals surface area (Å²) in [6, 6.07) is 16.1. The molecule has 0 spiro atoms. The summed E-state index contributed by atoms with van der Waals surface area (Å²) < 4.78 is 74.2. The third-order valence-corrected chi connectivity index (χ3v) is 7.40. The van der Waals surface area contributed by atoms with Gasteiger partial charge in [0.05, 0.1) is 21.7 Å². The van der Waals surface area contributed by atoms with E-state index < -0.39 is 27.7 Å². The van der Waals surface area contributed by atoms with Crippen LogP contribution in [0.4, 0.5) is 18.9 Å². The molecular weight excluding hydrogens is 483 g/mol. The van der Waals surface area contributed by atoms with Crippen LogP contribution in [0.15, 0.2) is 77.7 Å². The van der Waals surface area contributed by atoms with Crippen molar-refractivity contribution in [3.63, 3.8) is 0 Å². The molecule has 0 heterocycles. The lowest BCUT2D eigenvalue weighted by Gasteiger charge is -2.27. The van der Waals surface area contributed by atoms with E-state index in [1.807, 2.05) is 0 Å². The molecule has 0 radical (unpaired) electrons. The third kappa shape index (κ3) is 5.76. The summed E-state index contributed by atoms with van der Waals surface area (Å²) in [6.45, 7) is -0.0663. The molecule has 0 aromatic heterocycles. The van der Waals surface area contributed by atoms with Gasteiger partial charge >= 0.3 is 12.1 Å². The zero-order valence-electron chi connectivity index (χ0n) is 18.4. The van der Waals surface area contributed by atoms with Crippen LogP contribution in [0.25, 0.3) is 0 Å². The normalized spacial score (nSPS) is 13.9. The van der Waals surface area contributed by atoms with Crippen molar-refractivity contribution in [2.45, 2.75) is 30.5 Å². The number of benzene rings is 3. The van der Waals surface area contributed by atoms with E-state index in [0.717, 1.165) is 35.3 Å². The summed E-state index contributed by atoms with van der Waals surface area (Å²) in [4.78, 5) is 11.1. The van der Waals surface area contributed by atoms with E-state index in [9.17, 15) is 26.4 Å². The molecule has 4 rings (SSSR count). The summed E-state index contributed by atoms with van der Waals surface area (Å²) in [5.41, 5.74) is -0.395. The average molecular weight is 506 g/mol. The van der Waals surface area contributed by atoms with Gasteiger partial charge in [-0.15, -0.1) is 0 Å². The number of carboxylic acid groups (broad SMARTS) is 1. The number of aromatic carboxylic acids is 1. The fraction of sp³-hybridized carbons (Fsp3) is 0.240. The van der Waals surface area contributed by atoms with E-state index >= 15 is 0 Å². The first-order valence-electron chi connectivity index (χ1n) is 10.8. The van der Waals surface area contributed by atoms with Gasteiger partial charge in [0.25, 0.3) is 10.0 Å². The Morgan fingerprint density at radius 2 is 1.66 bits per heavy atom. The van der Waals surface area contributed by atoms with E-state index in [2.05, 4.69) is 0 Å². The fourth-order valence-electron chi connectivity index (χ4n) is 3.50. The van der Waals surface area contributed by atoms with Gasteiger partial charge in [0.15, 0.2) is 0 Å². The second kappa shape index (κ2) is 9.61. The molecule has 1 N–H and O–H groups in total. The van der Waals surface area contributed by atoms with Crippen LogP contribution in [-0.2, 0) is 22.8 Å².